The van der Waals surface area contributed by atoms with E-state index < -0.39 is 5.41 Å². The van der Waals surface area contributed by atoms with Gasteiger partial charge in [-0.2, -0.15) is 0 Å². The average Bonchev–Trinajstić information content (AvgIpc) is 1.88. The Morgan fingerprint density at radius 2 is 2.09 bits per heavy atom. The second-order valence-electron chi connectivity index (χ2n) is 2.85. The van der Waals surface area contributed by atoms with Crippen molar-refractivity contribution >= 4 is 23.1 Å². The molecule has 0 atom stereocenters. The van der Waals surface area contributed by atoms with Crippen LogP contribution in [-0.4, -0.2) is 17.4 Å². The molecule has 0 fully saturated rings. The zero-order valence-corrected chi connectivity index (χ0v) is 7.92. The molecule has 1 amide bonds. The average molecular weight is 174 g/mol. The Labute approximate surface area is 72.3 Å². The quantitative estimate of drug-likeness (QED) is 0.610. The molecule has 0 saturated carbocycles. The zero-order valence-electron chi connectivity index (χ0n) is 7.10. The lowest BCUT2D eigenvalue weighted by molar-refractivity contribution is -0.126. The summed E-state index contributed by atoms with van der Waals surface area (Å²) in [4.78, 5) is 11.5. The highest BCUT2D eigenvalue weighted by molar-refractivity contribution is 7.80. The summed E-state index contributed by atoms with van der Waals surface area (Å²) in [7, 11) is 0. The SMILES string of the molecule is CCNC(=O)C(C)(C)C(N)=S. The molecule has 0 aromatic carbocycles. The molecule has 0 aromatic heterocycles. The summed E-state index contributed by atoms with van der Waals surface area (Å²) < 4.78 is 0. The van der Waals surface area contributed by atoms with Crippen LogP contribution in [-0.2, 0) is 4.79 Å². The van der Waals surface area contributed by atoms with Crippen LogP contribution in [0.2, 0.25) is 0 Å². The summed E-state index contributed by atoms with van der Waals surface area (Å²) in [6, 6.07) is 0. The van der Waals surface area contributed by atoms with Gasteiger partial charge in [0.1, 0.15) is 0 Å². The first-order valence-corrected chi connectivity index (χ1v) is 3.92. The summed E-state index contributed by atoms with van der Waals surface area (Å²) in [5.41, 5.74) is 4.64. The normalized spacial score (nSPS) is 10.8. The maximum absolute atomic E-state index is 11.2. The van der Waals surface area contributed by atoms with Crippen LogP contribution < -0.4 is 11.1 Å². The molecule has 0 bridgehead atoms. The summed E-state index contributed by atoms with van der Waals surface area (Å²) in [6.07, 6.45) is 0. The molecule has 3 nitrogen and oxygen atoms in total. The number of carbonyl (C=O) groups is 1. The van der Waals surface area contributed by atoms with E-state index >= 15 is 0 Å². The van der Waals surface area contributed by atoms with Crippen LogP contribution in [0.3, 0.4) is 0 Å². The number of nitrogens with two attached hydrogens (primary N) is 1. The van der Waals surface area contributed by atoms with Gasteiger partial charge in [-0.05, 0) is 20.8 Å². The van der Waals surface area contributed by atoms with E-state index in [0.29, 0.717) is 6.54 Å². The first-order chi connectivity index (χ1) is 4.92. The van der Waals surface area contributed by atoms with Gasteiger partial charge in [0.05, 0.1) is 10.4 Å². The maximum Gasteiger partial charge on any atom is 0.232 e. The number of hydrogen-bond acceptors (Lipinski definition) is 2. The third-order valence-corrected chi connectivity index (χ3v) is 2.03. The van der Waals surface area contributed by atoms with Crippen molar-refractivity contribution in [3.63, 3.8) is 0 Å². The Balaban J connectivity index is 4.30. The molecule has 64 valence electrons. The molecule has 0 aliphatic carbocycles. The Bertz CT molecular complexity index is 177. The van der Waals surface area contributed by atoms with Crippen molar-refractivity contribution in [2.45, 2.75) is 20.8 Å². The summed E-state index contributed by atoms with van der Waals surface area (Å²) in [5, 5.41) is 2.66. The van der Waals surface area contributed by atoms with Crippen LogP contribution in [0.25, 0.3) is 0 Å². The predicted octanol–water partition coefficient (Wildman–Crippen LogP) is 0.435. The van der Waals surface area contributed by atoms with E-state index in [0.717, 1.165) is 0 Å². The minimum absolute atomic E-state index is 0.118. The van der Waals surface area contributed by atoms with Crippen molar-refractivity contribution in [3.05, 3.63) is 0 Å². The van der Waals surface area contributed by atoms with E-state index in [1.807, 2.05) is 6.92 Å². The second-order valence-corrected chi connectivity index (χ2v) is 3.29. The third kappa shape index (κ3) is 2.46. The van der Waals surface area contributed by atoms with Gasteiger partial charge in [0.25, 0.3) is 0 Å². The van der Waals surface area contributed by atoms with Gasteiger partial charge in [0.15, 0.2) is 0 Å². The molecule has 4 heteroatoms. The van der Waals surface area contributed by atoms with Crippen LogP contribution in [0.1, 0.15) is 20.8 Å². The zero-order chi connectivity index (χ0) is 9.07. The van der Waals surface area contributed by atoms with Crippen molar-refractivity contribution in [2.75, 3.05) is 6.54 Å². The molecule has 0 heterocycles. The largest absolute Gasteiger partial charge is 0.392 e. The molecule has 0 aromatic rings. The van der Waals surface area contributed by atoms with Crippen LogP contribution in [0.15, 0.2) is 0 Å². The van der Waals surface area contributed by atoms with E-state index in [1.165, 1.54) is 0 Å². The lowest BCUT2D eigenvalue weighted by Crippen LogP contribution is -2.44. The van der Waals surface area contributed by atoms with Gasteiger partial charge >= 0.3 is 0 Å². The third-order valence-electron chi connectivity index (χ3n) is 1.52. The molecule has 3 N–H and O–H groups in total. The van der Waals surface area contributed by atoms with Gasteiger partial charge in [0.2, 0.25) is 5.91 Å². The van der Waals surface area contributed by atoms with Crippen molar-refractivity contribution in [2.24, 2.45) is 11.1 Å². The molecule has 0 unspecified atom stereocenters. The summed E-state index contributed by atoms with van der Waals surface area (Å²) >= 11 is 4.74. The highest BCUT2D eigenvalue weighted by atomic mass is 32.1. The Morgan fingerprint density at radius 1 is 1.64 bits per heavy atom. The number of carbonyl (C=O) groups excluding carboxylic acids is 1. The highest BCUT2D eigenvalue weighted by Gasteiger charge is 2.29. The first kappa shape index (κ1) is 10.4. The Kier molecular flexibility index (Phi) is 3.45. The van der Waals surface area contributed by atoms with Crippen molar-refractivity contribution in [1.29, 1.82) is 0 Å². The fourth-order valence-corrected chi connectivity index (χ4v) is 0.586. The van der Waals surface area contributed by atoms with E-state index in [1.54, 1.807) is 13.8 Å². The van der Waals surface area contributed by atoms with E-state index in [9.17, 15) is 4.79 Å². The molecule has 0 aliphatic rings. The van der Waals surface area contributed by atoms with Crippen LogP contribution in [0.5, 0.6) is 0 Å². The van der Waals surface area contributed by atoms with Crippen molar-refractivity contribution < 1.29 is 4.79 Å². The van der Waals surface area contributed by atoms with Crippen LogP contribution in [0, 0.1) is 5.41 Å². The van der Waals surface area contributed by atoms with E-state index in [4.69, 9.17) is 18.0 Å². The van der Waals surface area contributed by atoms with Gasteiger partial charge in [0, 0.05) is 6.54 Å². The monoisotopic (exact) mass is 174 g/mol. The van der Waals surface area contributed by atoms with E-state index in [2.05, 4.69) is 5.32 Å². The van der Waals surface area contributed by atoms with Gasteiger partial charge in [-0.3, -0.25) is 4.79 Å². The molecule has 0 radical (unpaired) electrons. The minimum Gasteiger partial charge on any atom is -0.392 e. The topological polar surface area (TPSA) is 55.1 Å². The molecule has 0 aliphatic heterocycles. The number of rotatable bonds is 3. The molecule has 11 heavy (non-hydrogen) atoms. The van der Waals surface area contributed by atoms with Gasteiger partial charge < -0.3 is 11.1 Å². The number of amides is 1. The van der Waals surface area contributed by atoms with Crippen molar-refractivity contribution in [1.82, 2.24) is 5.32 Å². The number of nitrogens with one attached hydrogen (secondary N) is 1. The molecule has 0 spiro atoms. The second kappa shape index (κ2) is 3.67. The predicted molar refractivity (Wildman–Crippen MR) is 49.3 cm³/mol. The van der Waals surface area contributed by atoms with Crippen LogP contribution in [0.4, 0.5) is 0 Å². The minimum atomic E-state index is -0.731. The lowest BCUT2D eigenvalue weighted by Gasteiger charge is -2.21. The maximum atomic E-state index is 11.2. The summed E-state index contributed by atoms with van der Waals surface area (Å²) in [6.45, 7) is 5.87. The molecular weight excluding hydrogens is 160 g/mol. The fraction of sp³-hybridized carbons (Fsp3) is 0.714. The fourth-order valence-electron chi connectivity index (χ4n) is 0.493. The molecule has 0 saturated heterocycles. The van der Waals surface area contributed by atoms with E-state index in [-0.39, 0.29) is 10.9 Å². The standard InChI is InChI=1S/C7H14N2OS/c1-4-9-6(10)7(2,3)5(8)11/h4H2,1-3H3,(H2,8,11)(H,9,10). The van der Waals surface area contributed by atoms with Gasteiger partial charge in [-0.15, -0.1) is 0 Å². The van der Waals surface area contributed by atoms with Crippen LogP contribution >= 0.6 is 12.2 Å². The Morgan fingerprint density at radius 3 is 2.36 bits per heavy atom. The molecule has 0 rings (SSSR count). The lowest BCUT2D eigenvalue weighted by atomic mass is 9.92. The summed E-state index contributed by atoms with van der Waals surface area (Å²) in [5.74, 6) is -0.118. The van der Waals surface area contributed by atoms with Crippen molar-refractivity contribution in [3.8, 4) is 0 Å². The smallest absolute Gasteiger partial charge is 0.232 e. The van der Waals surface area contributed by atoms with Gasteiger partial charge in [-0.25, -0.2) is 0 Å². The van der Waals surface area contributed by atoms with Gasteiger partial charge in [-0.1, -0.05) is 12.2 Å². The highest BCUT2D eigenvalue weighted by Crippen LogP contribution is 2.14. The first-order valence-electron chi connectivity index (χ1n) is 3.51. The molecular formula is C7H14N2OS. The number of thiocarbonyl (C=S) groups is 1. The number of hydrogen-bond donors (Lipinski definition) is 2. The Hall–Kier alpha value is -0.640.